The molecule has 1 rings (SSSR count). The van der Waals surface area contributed by atoms with E-state index in [4.69, 9.17) is 10.0 Å². The van der Waals surface area contributed by atoms with Gasteiger partial charge in [-0.25, -0.2) is 8.78 Å². The van der Waals surface area contributed by atoms with Crippen molar-refractivity contribution in [3.8, 4) is 0 Å². The lowest BCUT2D eigenvalue weighted by Crippen LogP contribution is -2.30. The second-order valence-corrected chi connectivity index (χ2v) is 3.58. The smallest absolute Gasteiger partial charge is 0.423 e. The van der Waals surface area contributed by atoms with Gasteiger partial charge in [0.25, 0.3) is 0 Å². The van der Waals surface area contributed by atoms with Crippen LogP contribution < -0.4 is 5.46 Å². The van der Waals surface area contributed by atoms with E-state index in [0.29, 0.717) is 0 Å². The van der Waals surface area contributed by atoms with Crippen LogP contribution in [0, 0.1) is 0 Å². The molecule has 0 fully saturated rings. The third kappa shape index (κ3) is 3.25. The molecule has 2 nitrogen and oxygen atoms in total. The van der Waals surface area contributed by atoms with E-state index in [9.17, 15) is 8.78 Å². The monoisotopic (exact) mass is 238 g/mol. The fourth-order valence-electron chi connectivity index (χ4n) is 1.44. The molecule has 2 atom stereocenters. The Morgan fingerprint density at radius 1 is 1.00 bits per heavy atom. The molecule has 2 N–H and O–H groups in total. The van der Waals surface area contributed by atoms with Crippen molar-refractivity contribution >= 4 is 12.6 Å². The molecule has 0 saturated heterocycles. The Morgan fingerprint density at radius 3 is 1.71 bits per heavy atom. The number of halogens is 2. The largest absolute Gasteiger partial charge is 0.488 e. The van der Waals surface area contributed by atoms with E-state index in [1.807, 2.05) is 0 Å². The highest BCUT2D eigenvalue weighted by molar-refractivity contribution is 6.58. The van der Waals surface area contributed by atoms with Crippen molar-refractivity contribution in [2.45, 2.75) is 12.3 Å². The van der Waals surface area contributed by atoms with Gasteiger partial charge in [0.1, 0.15) is 12.3 Å². The van der Waals surface area contributed by atoms with Crippen LogP contribution in [0.3, 0.4) is 0 Å². The maximum Gasteiger partial charge on any atom is 0.488 e. The molecule has 1 aromatic rings. The van der Waals surface area contributed by atoms with Gasteiger partial charge in [0, 0.05) is 0 Å². The van der Waals surface area contributed by atoms with E-state index in [2.05, 4.69) is 13.2 Å². The second-order valence-electron chi connectivity index (χ2n) is 3.58. The summed E-state index contributed by atoms with van der Waals surface area (Å²) >= 11 is 0. The zero-order valence-corrected chi connectivity index (χ0v) is 9.18. The van der Waals surface area contributed by atoms with E-state index >= 15 is 0 Å². The number of hydrogen-bond donors (Lipinski definition) is 2. The van der Waals surface area contributed by atoms with Crippen LogP contribution in [0.25, 0.3) is 0 Å². The number of hydrogen-bond acceptors (Lipinski definition) is 2. The molecule has 0 aliphatic carbocycles. The summed E-state index contributed by atoms with van der Waals surface area (Å²) in [6.45, 7) is 6.58. The van der Waals surface area contributed by atoms with Gasteiger partial charge in [0.2, 0.25) is 0 Å². The molecule has 1 aromatic carbocycles. The van der Waals surface area contributed by atoms with Gasteiger partial charge in [0.15, 0.2) is 0 Å². The van der Waals surface area contributed by atoms with Crippen molar-refractivity contribution in [3.05, 3.63) is 54.6 Å². The van der Waals surface area contributed by atoms with E-state index < -0.39 is 19.5 Å². The first-order valence-electron chi connectivity index (χ1n) is 5.03. The first-order chi connectivity index (χ1) is 7.99. The second kappa shape index (κ2) is 5.75. The van der Waals surface area contributed by atoms with Crippen molar-refractivity contribution in [1.29, 1.82) is 0 Å². The van der Waals surface area contributed by atoms with Crippen molar-refractivity contribution in [1.82, 2.24) is 0 Å². The topological polar surface area (TPSA) is 40.5 Å². The molecular weight excluding hydrogens is 225 g/mol. The summed E-state index contributed by atoms with van der Waals surface area (Å²) in [5, 5.41) is 18.1. The third-order valence-corrected chi connectivity index (χ3v) is 2.35. The average Bonchev–Trinajstić information content (AvgIpc) is 2.36. The molecule has 0 aliphatic heterocycles. The Morgan fingerprint density at radius 2 is 1.41 bits per heavy atom. The summed E-state index contributed by atoms with van der Waals surface area (Å²) in [6, 6.07) is 3.83. The van der Waals surface area contributed by atoms with Crippen molar-refractivity contribution in [3.63, 3.8) is 0 Å². The highest BCUT2D eigenvalue weighted by Crippen LogP contribution is 2.24. The van der Waals surface area contributed by atoms with Crippen molar-refractivity contribution < 1.29 is 18.8 Å². The van der Waals surface area contributed by atoms with E-state index in [1.165, 1.54) is 18.2 Å². The summed E-state index contributed by atoms with van der Waals surface area (Å²) < 4.78 is 26.9. The molecule has 0 spiro atoms. The van der Waals surface area contributed by atoms with E-state index in [0.717, 1.165) is 12.2 Å². The quantitative estimate of drug-likeness (QED) is 0.606. The first-order valence-corrected chi connectivity index (χ1v) is 5.03. The molecule has 0 radical (unpaired) electrons. The molecule has 0 saturated carbocycles. The van der Waals surface area contributed by atoms with Crippen molar-refractivity contribution in [2.75, 3.05) is 0 Å². The lowest BCUT2D eigenvalue weighted by Gasteiger charge is -2.11. The maximum absolute atomic E-state index is 13.4. The van der Waals surface area contributed by atoms with Gasteiger partial charge in [-0.05, 0) is 22.7 Å². The van der Waals surface area contributed by atoms with Gasteiger partial charge in [-0.2, -0.15) is 0 Å². The lowest BCUT2D eigenvalue weighted by molar-refractivity contribution is 0.404. The first kappa shape index (κ1) is 13.6. The van der Waals surface area contributed by atoms with Gasteiger partial charge in [-0.3, -0.25) is 0 Å². The molecule has 90 valence electrons. The van der Waals surface area contributed by atoms with Crippen LogP contribution in [0.2, 0.25) is 0 Å². The minimum atomic E-state index is -1.78. The Labute approximate surface area is 99.1 Å². The number of benzene rings is 1. The van der Waals surface area contributed by atoms with Crippen LogP contribution in [0.1, 0.15) is 23.5 Å². The van der Waals surface area contributed by atoms with Crippen LogP contribution in [-0.2, 0) is 0 Å². The molecule has 5 heteroatoms. The fourth-order valence-corrected chi connectivity index (χ4v) is 1.44. The van der Waals surface area contributed by atoms with Gasteiger partial charge in [-0.1, -0.05) is 37.4 Å². The Kier molecular flexibility index (Phi) is 4.60. The standard InChI is InChI=1S/C12H13BF2O2/c1-3-11(14)8-5-9(12(15)4-2)7-10(6-8)13(16)17/h3-7,11-12,16-17H,1-2H2. The lowest BCUT2D eigenvalue weighted by atomic mass is 9.78. The minimum absolute atomic E-state index is 0.0338. The number of rotatable bonds is 5. The van der Waals surface area contributed by atoms with Crippen LogP contribution in [0.4, 0.5) is 8.78 Å². The van der Waals surface area contributed by atoms with Gasteiger partial charge in [-0.15, -0.1) is 0 Å². The van der Waals surface area contributed by atoms with Gasteiger partial charge >= 0.3 is 7.12 Å². The molecule has 0 amide bonds. The summed E-state index contributed by atoms with van der Waals surface area (Å²) in [6.07, 6.45) is -0.865. The Balaban J connectivity index is 3.27. The van der Waals surface area contributed by atoms with Crippen LogP contribution in [0.15, 0.2) is 43.5 Å². The van der Waals surface area contributed by atoms with E-state index in [1.54, 1.807) is 0 Å². The maximum atomic E-state index is 13.4. The molecule has 0 heterocycles. The van der Waals surface area contributed by atoms with Gasteiger partial charge < -0.3 is 10.0 Å². The predicted molar refractivity (Wildman–Crippen MR) is 64.4 cm³/mol. The Hall–Kier alpha value is -1.46. The fraction of sp³-hybridized carbons (Fsp3) is 0.167. The third-order valence-electron chi connectivity index (χ3n) is 2.35. The SMILES string of the molecule is C=CC(F)c1cc(B(O)O)cc(C(F)C=C)c1. The summed E-state index contributed by atoms with van der Waals surface area (Å²) in [7, 11) is -1.78. The van der Waals surface area contributed by atoms with Crippen LogP contribution in [-0.4, -0.2) is 17.2 Å². The normalized spacial score (nSPS) is 13.9. The van der Waals surface area contributed by atoms with Crippen LogP contribution >= 0.6 is 0 Å². The predicted octanol–water partition coefficient (Wildman–Crippen LogP) is 1.76. The minimum Gasteiger partial charge on any atom is -0.423 e. The number of allylic oxidation sites excluding steroid dienone is 2. The van der Waals surface area contributed by atoms with E-state index in [-0.39, 0.29) is 16.6 Å². The van der Waals surface area contributed by atoms with Crippen molar-refractivity contribution in [2.24, 2.45) is 0 Å². The molecule has 0 aliphatic rings. The zero-order chi connectivity index (χ0) is 13.0. The zero-order valence-electron chi connectivity index (χ0n) is 9.18. The molecule has 2 unspecified atom stereocenters. The molecular formula is C12H13BF2O2. The van der Waals surface area contributed by atoms with Gasteiger partial charge in [0.05, 0.1) is 0 Å². The summed E-state index contributed by atoms with van der Waals surface area (Å²) in [5.74, 6) is 0. The average molecular weight is 238 g/mol. The molecule has 0 bridgehead atoms. The Bertz CT molecular complexity index is 389. The van der Waals surface area contributed by atoms with Crippen LogP contribution in [0.5, 0.6) is 0 Å². The highest BCUT2D eigenvalue weighted by Gasteiger charge is 2.18. The highest BCUT2D eigenvalue weighted by atomic mass is 19.1. The molecule has 17 heavy (non-hydrogen) atoms. The summed E-state index contributed by atoms with van der Waals surface area (Å²) in [5.41, 5.74) is 0.293. The summed E-state index contributed by atoms with van der Waals surface area (Å²) in [4.78, 5) is 0. The number of alkyl halides is 2. The molecule has 0 aromatic heterocycles.